The van der Waals surface area contributed by atoms with Crippen molar-refractivity contribution in [2.75, 3.05) is 13.1 Å². The SMILES string of the molecule is C=CC(=O)N1CCC(Cc2cncc(-c3cnc(Cc4cccc(C(F)(F)F)n4)nc3)c2)CC1. The van der Waals surface area contributed by atoms with Gasteiger partial charge < -0.3 is 4.90 Å². The van der Waals surface area contributed by atoms with Gasteiger partial charge in [0.25, 0.3) is 0 Å². The van der Waals surface area contributed by atoms with Crippen molar-refractivity contribution >= 4 is 5.91 Å². The van der Waals surface area contributed by atoms with Crippen LogP contribution < -0.4 is 0 Å². The zero-order chi connectivity index (χ0) is 24.1. The minimum absolute atomic E-state index is 0.0191. The van der Waals surface area contributed by atoms with E-state index in [9.17, 15) is 18.0 Å². The van der Waals surface area contributed by atoms with Crippen LogP contribution in [-0.4, -0.2) is 43.8 Å². The highest BCUT2D eigenvalue weighted by Crippen LogP contribution is 2.28. The summed E-state index contributed by atoms with van der Waals surface area (Å²) in [6.07, 6.45) is 6.60. The molecular weight excluding hydrogens is 443 g/mol. The first kappa shape index (κ1) is 23.5. The van der Waals surface area contributed by atoms with Crippen molar-refractivity contribution in [2.45, 2.75) is 31.9 Å². The second-order valence-electron chi connectivity index (χ2n) is 8.34. The monoisotopic (exact) mass is 467 g/mol. The van der Waals surface area contributed by atoms with Crippen LogP contribution in [0, 0.1) is 5.92 Å². The van der Waals surface area contributed by atoms with E-state index >= 15 is 0 Å². The minimum Gasteiger partial charge on any atom is -0.339 e. The van der Waals surface area contributed by atoms with Crippen molar-refractivity contribution in [3.63, 3.8) is 0 Å². The average molecular weight is 467 g/mol. The average Bonchev–Trinajstić information content (AvgIpc) is 2.84. The Morgan fingerprint density at radius 2 is 1.82 bits per heavy atom. The van der Waals surface area contributed by atoms with Crippen molar-refractivity contribution in [3.8, 4) is 11.1 Å². The van der Waals surface area contributed by atoms with Gasteiger partial charge in [0.2, 0.25) is 5.91 Å². The molecule has 6 nitrogen and oxygen atoms in total. The number of likely N-dealkylation sites (tertiary alicyclic amines) is 1. The molecule has 0 unspecified atom stereocenters. The molecule has 0 spiro atoms. The molecule has 34 heavy (non-hydrogen) atoms. The molecule has 0 bridgehead atoms. The van der Waals surface area contributed by atoms with Crippen molar-refractivity contribution in [1.29, 1.82) is 0 Å². The van der Waals surface area contributed by atoms with Crippen LogP contribution in [-0.2, 0) is 23.8 Å². The van der Waals surface area contributed by atoms with Crippen LogP contribution >= 0.6 is 0 Å². The number of carbonyl (C=O) groups excluding carboxylic acids is 1. The van der Waals surface area contributed by atoms with E-state index in [4.69, 9.17) is 0 Å². The van der Waals surface area contributed by atoms with Gasteiger partial charge in [-0.15, -0.1) is 0 Å². The lowest BCUT2D eigenvalue weighted by molar-refractivity contribution is -0.141. The molecule has 1 amide bonds. The van der Waals surface area contributed by atoms with Crippen LogP contribution in [0.5, 0.6) is 0 Å². The van der Waals surface area contributed by atoms with Gasteiger partial charge in [-0.25, -0.2) is 15.0 Å². The maximum absolute atomic E-state index is 12.9. The molecule has 0 radical (unpaired) electrons. The first-order chi connectivity index (χ1) is 16.3. The normalized spacial score (nSPS) is 14.7. The number of nitrogens with zero attached hydrogens (tertiary/aromatic N) is 5. The van der Waals surface area contributed by atoms with Crippen molar-refractivity contribution in [2.24, 2.45) is 5.92 Å². The van der Waals surface area contributed by atoms with Crippen LogP contribution in [0.3, 0.4) is 0 Å². The number of piperidine rings is 1. The summed E-state index contributed by atoms with van der Waals surface area (Å²) in [4.78, 5) is 30.2. The van der Waals surface area contributed by atoms with Gasteiger partial charge >= 0.3 is 6.18 Å². The molecule has 1 fully saturated rings. The van der Waals surface area contributed by atoms with Crippen molar-refractivity contribution < 1.29 is 18.0 Å². The Kier molecular flexibility index (Phi) is 7.00. The van der Waals surface area contributed by atoms with E-state index < -0.39 is 11.9 Å². The summed E-state index contributed by atoms with van der Waals surface area (Å²) >= 11 is 0. The van der Waals surface area contributed by atoms with Crippen molar-refractivity contribution in [1.82, 2.24) is 24.8 Å². The minimum atomic E-state index is -4.49. The lowest BCUT2D eigenvalue weighted by atomic mass is 9.90. The van der Waals surface area contributed by atoms with E-state index in [1.54, 1.807) is 18.6 Å². The number of pyridine rings is 2. The van der Waals surface area contributed by atoms with Gasteiger partial charge in [-0.05, 0) is 55.0 Å². The molecule has 0 saturated carbocycles. The molecule has 0 aliphatic carbocycles. The predicted molar refractivity (Wildman–Crippen MR) is 121 cm³/mol. The molecule has 1 aliphatic rings. The summed E-state index contributed by atoms with van der Waals surface area (Å²) in [6.45, 7) is 5.02. The number of aromatic nitrogens is 4. The summed E-state index contributed by atoms with van der Waals surface area (Å²) in [7, 11) is 0. The molecular formula is C25H24F3N5O. The number of alkyl halides is 3. The third-order valence-corrected chi connectivity index (χ3v) is 5.90. The van der Waals surface area contributed by atoms with Crippen LogP contribution in [0.2, 0.25) is 0 Å². The Balaban J connectivity index is 1.39. The fraction of sp³-hybridized carbons (Fsp3) is 0.320. The highest BCUT2D eigenvalue weighted by molar-refractivity contribution is 5.87. The zero-order valence-electron chi connectivity index (χ0n) is 18.5. The lowest BCUT2D eigenvalue weighted by Crippen LogP contribution is -2.37. The van der Waals surface area contributed by atoms with Gasteiger partial charge in [0.1, 0.15) is 11.5 Å². The van der Waals surface area contributed by atoms with E-state index in [0.717, 1.165) is 55.1 Å². The van der Waals surface area contributed by atoms with Gasteiger partial charge in [-0.1, -0.05) is 12.6 Å². The summed E-state index contributed by atoms with van der Waals surface area (Å²) in [5.74, 6) is 0.847. The largest absolute Gasteiger partial charge is 0.433 e. The molecule has 4 heterocycles. The maximum Gasteiger partial charge on any atom is 0.433 e. The van der Waals surface area contributed by atoms with Gasteiger partial charge in [-0.2, -0.15) is 13.2 Å². The van der Waals surface area contributed by atoms with E-state index in [2.05, 4.69) is 32.6 Å². The van der Waals surface area contributed by atoms with Gasteiger partial charge in [-0.3, -0.25) is 9.78 Å². The fourth-order valence-electron chi connectivity index (χ4n) is 4.07. The molecule has 1 aliphatic heterocycles. The van der Waals surface area contributed by atoms with E-state index in [0.29, 0.717) is 11.7 Å². The van der Waals surface area contributed by atoms with Crippen molar-refractivity contribution in [3.05, 3.63) is 84.5 Å². The van der Waals surface area contributed by atoms with Crippen LogP contribution in [0.1, 0.15) is 35.6 Å². The number of rotatable bonds is 6. The molecule has 176 valence electrons. The predicted octanol–water partition coefficient (Wildman–Crippen LogP) is 4.51. The standard InChI is InChI=1S/C25H24F3N5O/c1-2-24(34)33-8-6-17(7-9-33)10-18-11-19(14-29-13-18)20-15-30-23(31-16-20)12-21-4-3-5-22(32-21)25(26,27)28/h2-5,11,13-17H,1,6-10,12H2. The molecule has 0 aromatic carbocycles. The second kappa shape index (κ2) is 10.1. The first-order valence-corrected chi connectivity index (χ1v) is 11.0. The summed E-state index contributed by atoms with van der Waals surface area (Å²) < 4.78 is 38.6. The van der Waals surface area contributed by atoms with Crippen LogP contribution in [0.15, 0.2) is 61.7 Å². The molecule has 3 aromatic rings. The van der Waals surface area contributed by atoms with Crippen LogP contribution in [0.4, 0.5) is 13.2 Å². The van der Waals surface area contributed by atoms with E-state index in [1.807, 2.05) is 11.1 Å². The zero-order valence-corrected chi connectivity index (χ0v) is 18.5. The summed E-state index contributed by atoms with van der Waals surface area (Å²) in [6, 6.07) is 5.86. The van der Waals surface area contributed by atoms with Gasteiger partial charge in [0, 0.05) is 54.7 Å². The third kappa shape index (κ3) is 5.84. The van der Waals surface area contributed by atoms with E-state index in [-0.39, 0.29) is 18.0 Å². The summed E-state index contributed by atoms with van der Waals surface area (Å²) in [5.41, 5.74) is 2.08. The topological polar surface area (TPSA) is 71.9 Å². The molecule has 3 aromatic heterocycles. The smallest absolute Gasteiger partial charge is 0.339 e. The number of amides is 1. The second-order valence-corrected chi connectivity index (χ2v) is 8.34. The highest BCUT2D eigenvalue weighted by Gasteiger charge is 2.32. The summed E-state index contributed by atoms with van der Waals surface area (Å²) in [5, 5.41) is 0. The molecule has 0 atom stereocenters. The molecule has 4 rings (SSSR count). The maximum atomic E-state index is 12.9. The highest BCUT2D eigenvalue weighted by atomic mass is 19.4. The Morgan fingerprint density at radius 3 is 2.50 bits per heavy atom. The number of carbonyl (C=O) groups is 1. The fourth-order valence-corrected chi connectivity index (χ4v) is 4.07. The number of hydrogen-bond donors (Lipinski definition) is 0. The molecule has 0 N–H and O–H groups in total. The molecule has 1 saturated heterocycles. The quantitative estimate of drug-likeness (QED) is 0.499. The van der Waals surface area contributed by atoms with Crippen LogP contribution in [0.25, 0.3) is 11.1 Å². The lowest BCUT2D eigenvalue weighted by Gasteiger charge is -2.31. The first-order valence-electron chi connectivity index (χ1n) is 11.0. The number of hydrogen-bond acceptors (Lipinski definition) is 5. The van der Waals surface area contributed by atoms with Gasteiger partial charge in [0.15, 0.2) is 0 Å². The Bertz CT molecular complexity index is 1160. The number of halogens is 3. The third-order valence-electron chi connectivity index (χ3n) is 5.90. The molecule has 9 heteroatoms. The van der Waals surface area contributed by atoms with Gasteiger partial charge in [0.05, 0.1) is 6.42 Å². The Hall–Kier alpha value is -3.62. The van der Waals surface area contributed by atoms with E-state index in [1.165, 1.54) is 18.2 Å². The Morgan fingerprint density at radius 1 is 1.09 bits per heavy atom. The Labute approximate surface area is 195 Å².